The van der Waals surface area contributed by atoms with Crippen molar-refractivity contribution in [3.05, 3.63) is 64.1 Å². The number of ketones is 1. The molecule has 0 amide bonds. The van der Waals surface area contributed by atoms with E-state index in [0.717, 1.165) is 0 Å². The van der Waals surface area contributed by atoms with E-state index in [1.54, 1.807) is 42.5 Å². The predicted octanol–water partition coefficient (Wildman–Crippen LogP) is 3.05. The lowest BCUT2D eigenvalue weighted by Gasteiger charge is -2.07. The molecule has 0 aliphatic rings. The van der Waals surface area contributed by atoms with E-state index in [4.69, 9.17) is 9.15 Å². The molecule has 3 aromatic rings. The number of esters is 1. The van der Waals surface area contributed by atoms with Gasteiger partial charge in [-0.2, -0.15) is 0 Å². The van der Waals surface area contributed by atoms with Crippen LogP contribution in [0.3, 0.4) is 0 Å². The molecule has 0 spiro atoms. The summed E-state index contributed by atoms with van der Waals surface area (Å²) in [5, 5.41) is 0. The molecule has 0 bridgehead atoms. The second kappa shape index (κ2) is 7.90. The molecule has 0 radical (unpaired) electrons. The highest BCUT2D eigenvalue weighted by Gasteiger charge is 2.11. The number of nitrogens with zero attached hydrogens (tertiary/aromatic N) is 1. The first-order chi connectivity index (χ1) is 13.0. The van der Waals surface area contributed by atoms with Gasteiger partial charge >= 0.3 is 11.7 Å². The van der Waals surface area contributed by atoms with Crippen LogP contribution in [-0.4, -0.2) is 30.0 Å². The Morgan fingerprint density at radius 1 is 1.07 bits per heavy atom. The molecule has 27 heavy (non-hydrogen) atoms. The van der Waals surface area contributed by atoms with Crippen molar-refractivity contribution >= 4 is 22.9 Å². The van der Waals surface area contributed by atoms with Crippen LogP contribution < -0.4 is 10.5 Å². The Morgan fingerprint density at radius 2 is 1.78 bits per heavy atom. The van der Waals surface area contributed by atoms with Crippen molar-refractivity contribution in [3.8, 4) is 5.75 Å². The Bertz CT molecular complexity index is 1030. The average molecular weight is 369 g/mol. The van der Waals surface area contributed by atoms with E-state index in [-0.39, 0.29) is 5.78 Å². The first-order valence-electron chi connectivity index (χ1n) is 8.45. The van der Waals surface area contributed by atoms with Gasteiger partial charge in [-0.15, -0.1) is 0 Å². The minimum atomic E-state index is -0.465. The summed E-state index contributed by atoms with van der Waals surface area (Å²) in [6.45, 7) is 2.28. The fraction of sp³-hybridized carbons (Fsp3) is 0.250. The van der Waals surface area contributed by atoms with Gasteiger partial charge in [0.05, 0.1) is 24.8 Å². The van der Waals surface area contributed by atoms with Crippen LogP contribution in [0.4, 0.5) is 0 Å². The van der Waals surface area contributed by atoms with E-state index in [1.807, 2.05) is 0 Å². The molecular weight excluding hydrogens is 350 g/mol. The molecule has 3 rings (SSSR count). The zero-order chi connectivity index (χ0) is 19.4. The van der Waals surface area contributed by atoms with Crippen molar-refractivity contribution in [2.45, 2.75) is 19.9 Å². The summed E-state index contributed by atoms with van der Waals surface area (Å²) in [4.78, 5) is 34.9. The lowest BCUT2D eigenvalue weighted by atomic mass is 10.1. The highest BCUT2D eigenvalue weighted by Crippen LogP contribution is 2.17. The van der Waals surface area contributed by atoms with E-state index in [1.165, 1.54) is 18.6 Å². The molecule has 7 heteroatoms. The van der Waals surface area contributed by atoms with E-state index < -0.39 is 11.7 Å². The number of methoxy groups -OCH3 is 1. The highest BCUT2D eigenvalue weighted by atomic mass is 16.5. The first kappa shape index (κ1) is 18.4. The van der Waals surface area contributed by atoms with Gasteiger partial charge in [-0.3, -0.25) is 9.36 Å². The fourth-order valence-corrected chi connectivity index (χ4v) is 2.71. The minimum Gasteiger partial charge on any atom is -0.494 e. The largest absolute Gasteiger partial charge is 0.494 e. The quantitative estimate of drug-likeness (QED) is 0.361. The van der Waals surface area contributed by atoms with Gasteiger partial charge < -0.3 is 13.9 Å². The third-order valence-electron chi connectivity index (χ3n) is 4.14. The number of hydrogen-bond acceptors (Lipinski definition) is 6. The summed E-state index contributed by atoms with van der Waals surface area (Å²) < 4.78 is 17.0. The third kappa shape index (κ3) is 4.08. The molecule has 140 valence electrons. The Kier molecular flexibility index (Phi) is 5.40. The molecule has 0 saturated heterocycles. The maximum absolute atomic E-state index is 12.0. The van der Waals surface area contributed by atoms with Crippen LogP contribution in [-0.2, 0) is 11.3 Å². The van der Waals surface area contributed by atoms with Gasteiger partial charge in [-0.05, 0) is 55.8 Å². The molecule has 0 atom stereocenters. The number of rotatable bonds is 7. The maximum Gasteiger partial charge on any atom is 0.419 e. The number of oxazole rings is 1. The molecule has 0 aliphatic carbocycles. The summed E-state index contributed by atoms with van der Waals surface area (Å²) in [5.74, 6) is -0.328. The van der Waals surface area contributed by atoms with Crippen molar-refractivity contribution in [2.24, 2.45) is 0 Å². The molecule has 0 unspecified atom stereocenters. The summed E-state index contributed by atoms with van der Waals surface area (Å²) >= 11 is 0. The summed E-state index contributed by atoms with van der Waals surface area (Å²) in [6.07, 6.45) is 0.585. The molecule has 1 heterocycles. The number of Topliss-reactive ketones (excluding diaryl/α,β-unsaturated/α-hetero) is 1. The van der Waals surface area contributed by atoms with Crippen LogP contribution in [0.25, 0.3) is 11.1 Å². The van der Waals surface area contributed by atoms with Crippen LogP contribution in [0.2, 0.25) is 0 Å². The first-order valence-corrected chi connectivity index (χ1v) is 8.45. The second-order valence-electron chi connectivity index (χ2n) is 5.98. The van der Waals surface area contributed by atoms with E-state index in [2.05, 4.69) is 4.74 Å². The monoisotopic (exact) mass is 369 g/mol. The van der Waals surface area contributed by atoms with Gasteiger partial charge in [0.15, 0.2) is 11.4 Å². The van der Waals surface area contributed by atoms with Gasteiger partial charge in [0, 0.05) is 12.1 Å². The number of fused-ring (bicyclic) bond motifs is 1. The number of aromatic nitrogens is 1. The maximum atomic E-state index is 12.0. The van der Waals surface area contributed by atoms with Crippen molar-refractivity contribution in [3.63, 3.8) is 0 Å². The zero-order valence-electron chi connectivity index (χ0n) is 15.1. The topological polar surface area (TPSA) is 87.7 Å². The smallest absolute Gasteiger partial charge is 0.419 e. The third-order valence-corrected chi connectivity index (χ3v) is 4.14. The van der Waals surface area contributed by atoms with Crippen molar-refractivity contribution in [1.29, 1.82) is 0 Å². The van der Waals surface area contributed by atoms with E-state index >= 15 is 0 Å². The number of aryl methyl sites for hydroxylation is 1. The molecule has 0 aliphatic heterocycles. The SMILES string of the molecule is COC(=O)c1ccc(OCCCn2c(=O)oc3cc(C(C)=O)ccc32)cc1. The van der Waals surface area contributed by atoms with Gasteiger partial charge in [-0.25, -0.2) is 9.59 Å². The lowest BCUT2D eigenvalue weighted by Crippen LogP contribution is -2.15. The molecule has 1 aromatic heterocycles. The van der Waals surface area contributed by atoms with Crippen molar-refractivity contribution in [2.75, 3.05) is 13.7 Å². The van der Waals surface area contributed by atoms with Gasteiger partial charge in [0.25, 0.3) is 0 Å². The molecule has 0 fully saturated rings. The molecule has 2 aromatic carbocycles. The molecule has 0 saturated carbocycles. The van der Waals surface area contributed by atoms with Crippen LogP contribution in [0.15, 0.2) is 51.7 Å². The van der Waals surface area contributed by atoms with Crippen LogP contribution in [0.1, 0.15) is 34.1 Å². The number of carbonyl (C=O) groups is 2. The Hall–Kier alpha value is -3.35. The van der Waals surface area contributed by atoms with E-state index in [0.29, 0.717) is 47.5 Å². The highest BCUT2D eigenvalue weighted by molar-refractivity contribution is 5.96. The van der Waals surface area contributed by atoms with Gasteiger partial charge in [-0.1, -0.05) is 0 Å². The standard InChI is InChI=1S/C20H19NO6/c1-13(22)15-6-9-17-18(12-15)27-20(24)21(17)10-3-11-26-16-7-4-14(5-8-16)19(23)25-2/h4-9,12H,3,10-11H2,1-2H3. The Labute approximate surface area is 155 Å². The van der Waals surface area contributed by atoms with Gasteiger partial charge in [0.2, 0.25) is 0 Å². The zero-order valence-corrected chi connectivity index (χ0v) is 15.1. The van der Waals surface area contributed by atoms with Crippen molar-refractivity contribution in [1.82, 2.24) is 4.57 Å². The Morgan fingerprint density at radius 3 is 2.44 bits per heavy atom. The van der Waals surface area contributed by atoms with Crippen LogP contribution in [0, 0.1) is 0 Å². The molecule has 7 nitrogen and oxygen atoms in total. The van der Waals surface area contributed by atoms with Crippen LogP contribution in [0.5, 0.6) is 5.75 Å². The number of benzene rings is 2. The lowest BCUT2D eigenvalue weighted by molar-refractivity contribution is 0.0600. The van der Waals surface area contributed by atoms with Crippen LogP contribution >= 0.6 is 0 Å². The van der Waals surface area contributed by atoms with Gasteiger partial charge in [0.1, 0.15) is 5.75 Å². The Balaban J connectivity index is 1.60. The predicted molar refractivity (Wildman–Crippen MR) is 98.4 cm³/mol. The fourth-order valence-electron chi connectivity index (χ4n) is 2.71. The van der Waals surface area contributed by atoms with E-state index in [9.17, 15) is 14.4 Å². The molecule has 0 N–H and O–H groups in total. The molecular formula is C20H19NO6. The van der Waals surface area contributed by atoms with Crippen molar-refractivity contribution < 1.29 is 23.5 Å². The number of ether oxygens (including phenoxy) is 2. The number of hydrogen-bond donors (Lipinski definition) is 0. The average Bonchev–Trinajstić information content (AvgIpc) is 2.99. The number of carbonyl (C=O) groups excluding carboxylic acids is 2. The minimum absolute atomic E-state index is 0.0843. The normalized spacial score (nSPS) is 10.7. The summed E-state index contributed by atoms with van der Waals surface area (Å²) in [6, 6.07) is 11.6. The summed E-state index contributed by atoms with van der Waals surface area (Å²) in [7, 11) is 1.33. The summed E-state index contributed by atoms with van der Waals surface area (Å²) in [5.41, 5.74) is 1.99. The second-order valence-corrected chi connectivity index (χ2v) is 5.98.